The van der Waals surface area contributed by atoms with Gasteiger partial charge in [-0.2, -0.15) is 11.8 Å². The first-order valence-electron chi connectivity index (χ1n) is 7.52. The Balaban J connectivity index is 1.74. The summed E-state index contributed by atoms with van der Waals surface area (Å²) < 4.78 is 0. The van der Waals surface area contributed by atoms with E-state index in [0.29, 0.717) is 6.04 Å². The molecule has 0 amide bonds. The van der Waals surface area contributed by atoms with E-state index in [1.54, 1.807) is 0 Å². The maximum absolute atomic E-state index is 4.37. The van der Waals surface area contributed by atoms with Crippen LogP contribution in [0.1, 0.15) is 18.5 Å². The minimum atomic E-state index is 0.623. The van der Waals surface area contributed by atoms with Crippen LogP contribution in [0.15, 0.2) is 30.5 Å². The number of hydrogen-bond acceptors (Lipinski definition) is 3. The van der Waals surface area contributed by atoms with E-state index in [1.165, 1.54) is 46.3 Å². The molecule has 0 unspecified atom stereocenters. The van der Waals surface area contributed by atoms with Crippen molar-refractivity contribution in [3.8, 4) is 0 Å². The molecule has 108 valence electrons. The molecule has 2 N–H and O–H groups in total. The second-order valence-electron chi connectivity index (χ2n) is 5.74. The van der Waals surface area contributed by atoms with Crippen LogP contribution in [0.5, 0.6) is 0 Å². The molecule has 0 atom stereocenters. The predicted octanol–water partition coefficient (Wildman–Crippen LogP) is 4.33. The molecule has 1 aliphatic heterocycles. The SMILES string of the molecule is Cc1nccc2c1[nH]c1ccc(NC3CCSCC3)cc12. The zero-order chi connectivity index (χ0) is 14.2. The fourth-order valence-corrected chi connectivity index (χ4v) is 4.23. The number of thioether (sulfide) groups is 1. The normalized spacial score (nSPS) is 16.6. The summed E-state index contributed by atoms with van der Waals surface area (Å²) in [5, 5.41) is 6.25. The average molecular weight is 297 g/mol. The zero-order valence-corrected chi connectivity index (χ0v) is 13.0. The summed E-state index contributed by atoms with van der Waals surface area (Å²) in [6.07, 6.45) is 4.42. The Morgan fingerprint density at radius 2 is 2.05 bits per heavy atom. The lowest BCUT2D eigenvalue weighted by molar-refractivity contribution is 0.667. The molecule has 4 rings (SSSR count). The number of benzene rings is 1. The van der Waals surface area contributed by atoms with Gasteiger partial charge in [-0.25, -0.2) is 0 Å². The van der Waals surface area contributed by atoms with Gasteiger partial charge in [-0.3, -0.25) is 4.98 Å². The molecule has 3 heterocycles. The van der Waals surface area contributed by atoms with E-state index < -0.39 is 0 Å². The molecule has 0 radical (unpaired) electrons. The Morgan fingerprint density at radius 3 is 2.90 bits per heavy atom. The van der Waals surface area contributed by atoms with Crippen molar-refractivity contribution in [1.29, 1.82) is 0 Å². The third-order valence-corrected chi connectivity index (χ3v) is 5.35. The number of aromatic amines is 1. The van der Waals surface area contributed by atoms with Crippen molar-refractivity contribution in [2.45, 2.75) is 25.8 Å². The lowest BCUT2D eigenvalue weighted by Gasteiger charge is -2.23. The highest BCUT2D eigenvalue weighted by Gasteiger charge is 2.14. The van der Waals surface area contributed by atoms with Gasteiger partial charge in [0.1, 0.15) is 0 Å². The smallest absolute Gasteiger partial charge is 0.0681 e. The van der Waals surface area contributed by atoms with E-state index in [-0.39, 0.29) is 0 Å². The number of rotatable bonds is 2. The average Bonchev–Trinajstić information content (AvgIpc) is 2.88. The Morgan fingerprint density at radius 1 is 1.19 bits per heavy atom. The van der Waals surface area contributed by atoms with Gasteiger partial charge in [0.15, 0.2) is 0 Å². The van der Waals surface area contributed by atoms with Crippen molar-refractivity contribution in [1.82, 2.24) is 9.97 Å². The van der Waals surface area contributed by atoms with Crippen molar-refractivity contribution in [3.63, 3.8) is 0 Å². The fourth-order valence-electron chi connectivity index (χ4n) is 3.13. The van der Waals surface area contributed by atoms with Crippen LogP contribution < -0.4 is 5.32 Å². The van der Waals surface area contributed by atoms with Gasteiger partial charge in [-0.15, -0.1) is 0 Å². The summed E-state index contributed by atoms with van der Waals surface area (Å²) in [4.78, 5) is 7.85. The van der Waals surface area contributed by atoms with Gasteiger partial charge in [-0.1, -0.05) is 0 Å². The molecule has 2 aromatic heterocycles. The van der Waals surface area contributed by atoms with Gasteiger partial charge in [0.25, 0.3) is 0 Å². The van der Waals surface area contributed by atoms with E-state index >= 15 is 0 Å². The van der Waals surface area contributed by atoms with Crippen LogP contribution in [0, 0.1) is 6.92 Å². The van der Waals surface area contributed by atoms with Crippen LogP contribution in [0.4, 0.5) is 5.69 Å². The highest BCUT2D eigenvalue weighted by atomic mass is 32.2. The van der Waals surface area contributed by atoms with Crippen molar-refractivity contribution in [2.75, 3.05) is 16.8 Å². The first kappa shape index (κ1) is 13.0. The highest BCUT2D eigenvalue weighted by molar-refractivity contribution is 7.99. The predicted molar refractivity (Wildman–Crippen MR) is 92.3 cm³/mol. The number of fused-ring (bicyclic) bond motifs is 3. The molecule has 0 aliphatic carbocycles. The van der Waals surface area contributed by atoms with E-state index in [1.807, 2.05) is 6.20 Å². The van der Waals surface area contributed by atoms with Crippen LogP contribution in [-0.4, -0.2) is 27.5 Å². The van der Waals surface area contributed by atoms with Gasteiger partial charge in [-0.05, 0) is 55.5 Å². The van der Waals surface area contributed by atoms with Crippen molar-refractivity contribution >= 4 is 39.3 Å². The molecule has 4 heteroatoms. The zero-order valence-electron chi connectivity index (χ0n) is 12.1. The largest absolute Gasteiger partial charge is 0.382 e. The summed E-state index contributed by atoms with van der Waals surface area (Å²) >= 11 is 2.06. The van der Waals surface area contributed by atoms with Crippen LogP contribution in [0.25, 0.3) is 21.8 Å². The van der Waals surface area contributed by atoms with E-state index in [2.05, 4.69) is 58.2 Å². The molecule has 0 bridgehead atoms. The standard InChI is InChI=1S/C17H19N3S/c1-11-17-14(4-7-18-11)15-10-13(2-3-16(15)20-17)19-12-5-8-21-9-6-12/h2-4,7,10,12,19-20H,5-6,8-9H2,1H3. The second-order valence-corrected chi connectivity index (χ2v) is 6.96. The Hall–Kier alpha value is -1.68. The maximum atomic E-state index is 4.37. The fraction of sp³-hybridized carbons (Fsp3) is 0.353. The van der Waals surface area contributed by atoms with Crippen LogP contribution in [0.3, 0.4) is 0 Å². The summed E-state index contributed by atoms with van der Waals surface area (Å²) in [5.41, 5.74) is 4.63. The quantitative estimate of drug-likeness (QED) is 0.739. The number of nitrogens with one attached hydrogen (secondary N) is 2. The molecule has 3 aromatic rings. The number of aryl methyl sites for hydroxylation is 1. The van der Waals surface area contributed by atoms with E-state index in [9.17, 15) is 0 Å². The van der Waals surface area contributed by atoms with Crippen molar-refractivity contribution in [2.24, 2.45) is 0 Å². The Kier molecular flexibility index (Phi) is 3.26. The lowest BCUT2D eigenvalue weighted by atomic mass is 10.1. The number of hydrogen-bond donors (Lipinski definition) is 2. The number of aromatic nitrogens is 2. The molecule has 1 aromatic carbocycles. The molecule has 3 nitrogen and oxygen atoms in total. The summed E-state index contributed by atoms with van der Waals surface area (Å²) in [6, 6.07) is 9.35. The summed E-state index contributed by atoms with van der Waals surface area (Å²) in [7, 11) is 0. The van der Waals surface area contributed by atoms with Crippen molar-refractivity contribution < 1.29 is 0 Å². The van der Waals surface area contributed by atoms with E-state index in [0.717, 1.165) is 11.2 Å². The third-order valence-electron chi connectivity index (χ3n) is 4.30. The van der Waals surface area contributed by atoms with Crippen molar-refractivity contribution in [3.05, 3.63) is 36.2 Å². The first-order valence-corrected chi connectivity index (χ1v) is 8.68. The molecular formula is C17H19N3S. The molecule has 1 saturated heterocycles. The van der Waals surface area contributed by atoms with Crippen LogP contribution >= 0.6 is 11.8 Å². The minimum absolute atomic E-state index is 0.623. The molecule has 1 aliphatic rings. The summed E-state index contributed by atoms with van der Waals surface area (Å²) in [6.45, 7) is 2.05. The van der Waals surface area contributed by atoms with Crippen LogP contribution in [-0.2, 0) is 0 Å². The highest BCUT2D eigenvalue weighted by Crippen LogP contribution is 2.29. The van der Waals surface area contributed by atoms with Crippen LogP contribution in [0.2, 0.25) is 0 Å². The first-order chi connectivity index (χ1) is 10.3. The van der Waals surface area contributed by atoms with Gasteiger partial charge in [0, 0.05) is 34.2 Å². The number of H-pyrrole nitrogens is 1. The van der Waals surface area contributed by atoms with Gasteiger partial charge in [0.05, 0.1) is 11.2 Å². The maximum Gasteiger partial charge on any atom is 0.0681 e. The third kappa shape index (κ3) is 2.38. The molecule has 0 spiro atoms. The molecule has 1 fully saturated rings. The lowest BCUT2D eigenvalue weighted by Crippen LogP contribution is -2.24. The Bertz CT molecular complexity index is 787. The van der Waals surface area contributed by atoms with Gasteiger partial charge in [0.2, 0.25) is 0 Å². The molecule has 0 saturated carbocycles. The monoisotopic (exact) mass is 297 g/mol. The number of nitrogens with zero attached hydrogens (tertiary/aromatic N) is 1. The second kappa shape index (κ2) is 5.26. The Labute approximate surface area is 128 Å². The molecular weight excluding hydrogens is 278 g/mol. The minimum Gasteiger partial charge on any atom is -0.382 e. The van der Waals surface area contributed by atoms with Gasteiger partial charge < -0.3 is 10.3 Å². The number of pyridine rings is 1. The topological polar surface area (TPSA) is 40.7 Å². The summed E-state index contributed by atoms with van der Waals surface area (Å²) in [5.74, 6) is 2.55. The number of anilines is 1. The van der Waals surface area contributed by atoms with E-state index in [4.69, 9.17) is 0 Å². The van der Waals surface area contributed by atoms with Gasteiger partial charge >= 0.3 is 0 Å². The molecule has 21 heavy (non-hydrogen) atoms.